The van der Waals surface area contributed by atoms with Crippen molar-refractivity contribution in [2.45, 2.75) is 27.3 Å². The summed E-state index contributed by atoms with van der Waals surface area (Å²) in [5.41, 5.74) is 3.90. The highest BCUT2D eigenvalue weighted by atomic mass is 35.5. The van der Waals surface area contributed by atoms with Crippen LogP contribution in [0.3, 0.4) is 0 Å². The second kappa shape index (κ2) is 7.27. The van der Waals surface area contributed by atoms with E-state index in [1.165, 1.54) is 0 Å². The summed E-state index contributed by atoms with van der Waals surface area (Å²) in [5.74, 6) is -0.0971. The van der Waals surface area contributed by atoms with Crippen molar-refractivity contribution in [1.82, 2.24) is 15.1 Å². The van der Waals surface area contributed by atoms with Crippen molar-refractivity contribution >= 4 is 23.6 Å². The Bertz CT molecular complexity index is 704. The number of nitrogens with one attached hydrogen (secondary N) is 1. The Balaban J connectivity index is 2.24. The quantitative estimate of drug-likeness (QED) is 0.860. The molecule has 0 saturated carbocycles. The lowest BCUT2D eigenvalue weighted by Crippen LogP contribution is -2.19. The normalized spacial score (nSPS) is 11.1. The smallest absolute Gasteiger partial charge is 0.243 e. The van der Waals surface area contributed by atoms with E-state index in [0.717, 1.165) is 27.5 Å². The molecule has 0 radical (unpaired) electrons. The molecule has 0 aliphatic rings. The van der Waals surface area contributed by atoms with Crippen LogP contribution in [0, 0.1) is 13.8 Å². The summed E-state index contributed by atoms with van der Waals surface area (Å²) in [6.45, 7) is 7.06. The standard InChI is InChI=1S/C17H20ClN3O/c1-4-19-17(22)10-9-15-12(2)20-21(13(15)3)11-14-7-5-6-8-16(14)18/h5-10H,4,11H2,1-3H3,(H,19,22). The van der Waals surface area contributed by atoms with Gasteiger partial charge in [0.2, 0.25) is 5.91 Å². The van der Waals surface area contributed by atoms with E-state index in [-0.39, 0.29) is 5.91 Å². The largest absolute Gasteiger partial charge is 0.353 e. The lowest BCUT2D eigenvalue weighted by Gasteiger charge is -2.06. The molecule has 1 N–H and O–H groups in total. The molecule has 5 heteroatoms. The number of benzene rings is 1. The summed E-state index contributed by atoms with van der Waals surface area (Å²) in [4.78, 5) is 11.5. The van der Waals surface area contributed by atoms with Gasteiger partial charge in [0.25, 0.3) is 0 Å². The van der Waals surface area contributed by atoms with Crippen LogP contribution in [0.2, 0.25) is 5.02 Å². The number of carbonyl (C=O) groups is 1. The van der Waals surface area contributed by atoms with Gasteiger partial charge >= 0.3 is 0 Å². The van der Waals surface area contributed by atoms with Gasteiger partial charge in [0.1, 0.15) is 0 Å². The van der Waals surface area contributed by atoms with E-state index >= 15 is 0 Å². The van der Waals surface area contributed by atoms with Gasteiger partial charge in [0.05, 0.1) is 12.2 Å². The van der Waals surface area contributed by atoms with Crippen molar-refractivity contribution in [3.8, 4) is 0 Å². The first-order chi connectivity index (χ1) is 10.5. The minimum Gasteiger partial charge on any atom is -0.353 e. The Morgan fingerprint density at radius 3 is 2.77 bits per heavy atom. The monoisotopic (exact) mass is 317 g/mol. The summed E-state index contributed by atoms with van der Waals surface area (Å²) < 4.78 is 1.91. The van der Waals surface area contributed by atoms with E-state index in [2.05, 4.69) is 10.4 Å². The van der Waals surface area contributed by atoms with Crippen LogP contribution in [-0.2, 0) is 11.3 Å². The Morgan fingerprint density at radius 2 is 2.09 bits per heavy atom. The average molecular weight is 318 g/mol. The van der Waals surface area contributed by atoms with Gasteiger partial charge in [0.15, 0.2) is 0 Å². The van der Waals surface area contributed by atoms with Gasteiger partial charge in [-0.25, -0.2) is 0 Å². The number of carbonyl (C=O) groups excluding carboxylic acids is 1. The molecule has 0 spiro atoms. The highest BCUT2D eigenvalue weighted by molar-refractivity contribution is 6.31. The Kier molecular flexibility index (Phi) is 5.39. The maximum Gasteiger partial charge on any atom is 0.243 e. The van der Waals surface area contributed by atoms with Gasteiger partial charge in [-0.1, -0.05) is 29.8 Å². The van der Waals surface area contributed by atoms with Gasteiger partial charge < -0.3 is 5.32 Å². The number of aromatic nitrogens is 2. The number of aryl methyl sites for hydroxylation is 1. The molecule has 2 rings (SSSR count). The summed E-state index contributed by atoms with van der Waals surface area (Å²) >= 11 is 6.20. The summed E-state index contributed by atoms with van der Waals surface area (Å²) in [7, 11) is 0. The molecule has 22 heavy (non-hydrogen) atoms. The molecule has 116 valence electrons. The third-order valence-corrected chi connectivity index (χ3v) is 3.84. The fraction of sp³-hybridized carbons (Fsp3) is 0.294. The van der Waals surface area contributed by atoms with Crippen molar-refractivity contribution in [1.29, 1.82) is 0 Å². The molecule has 0 bridgehead atoms. The molecule has 0 saturated heterocycles. The molecule has 0 unspecified atom stereocenters. The molecule has 0 aliphatic heterocycles. The number of likely N-dealkylation sites (N-methyl/N-ethyl adjacent to an activating group) is 1. The van der Waals surface area contributed by atoms with Crippen molar-refractivity contribution in [2.75, 3.05) is 6.54 Å². The lowest BCUT2D eigenvalue weighted by molar-refractivity contribution is -0.116. The molecule has 2 aromatic rings. The number of hydrogen-bond donors (Lipinski definition) is 1. The molecule has 0 aliphatic carbocycles. The topological polar surface area (TPSA) is 46.9 Å². The van der Waals surface area contributed by atoms with E-state index in [1.54, 1.807) is 6.08 Å². The fourth-order valence-electron chi connectivity index (χ4n) is 2.29. The second-order valence-electron chi connectivity index (χ2n) is 5.06. The first-order valence-electron chi connectivity index (χ1n) is 7.26. The molecule has 1 amide bonds. The van der Waals surface area contributed by atoms with Gasteiger partial charge in [-0.2, -0.15) is 5.10 Å². The minimum absolute atomic E-state index is 0.0971. The van der Waals surface area contributed by atoms with E-state index < -0.39 is 0 Å². The predicted molar refractivity (Wildman–Crippen MR) is 90.0 cm³/mol. The van der Waals surface area contributed by atoms with Crippen LogP contribution < -0.4 is 5.32 Å². The second-order valence-corrected chi connectivity index (χ2v) is 5.47. The average Bonchev–Trinajstić information content (AvgIpc) is 2.74. The zero-order valence-corrected chi connectivity index (χ0v) is 13.8. The Morgan fingerprint density at radius 1 is 1.36 bits per heavy atom. The highest BCUT2D eigenvalue weighted by Crippen LogP contribution is 2.20. The summed E-state index contributed by atoms with van der Waals surface area (Å²) in [6, 6.07) is 7.73. The van der Waals surface area contributed by atoms with E-state index in [1.807, 2.05) is 55.8 Å². The van der Waals surface area contributed by atoms with Gasteiger partial charge in [-0.05, 0) is 38.5 Å². The van der Waals surface area contributed by atoms with Crippen molar-refractivity contribution < 1.29 is 4.79 Å². The Labute approximate surface area is 135 Å². The van der Waals surface area contributed by atoms with Crippen LogP contribution in [-0.4, -0.2) is 22.2 Å². The van der Waals surface area contributed by atoms with Crippen molar-refractivity contribution in [2.24, 2.45) is 0 Å². The molecular weight excluding hydrogens is 298 g/mol. The van der Waals surface area contributed by atoms with Crippen LogP contribution in [0.5, 0.6) is 0 Å². The first kappa shape index (κ1) is 16.3. The van der Waals surface area contributed by atoms with Crippen molar-refractivity contribution in [3.63, 3.8) is 0 Å². The highest BCUT2D eigenvalue weighted by Gasteiger charge is 2.11. The number of halogens is 1. The number of amides is 1. The van der Waals surface area contributed by atoms with Crippen LogP contribution in [0.1, 0.15) is 29.4 Å². The number of hydrogen-bond acceptors (Lipinski definition) is 2. The Hall–Kier alpha value is -2.07. The third kappa shape index (κ3) is 3.77. The molecule has 0 fully saturated rings. The molecule has 1 aromatic carbocycles. The summed E-state index contributed by atoms with van der Waals surface area (Å²) in [5, 5.41) is 8.01. The van der Waals surface area contributed by atoms with E-state index in [4.69, 9.17) is 11.6 Å². The lowest BCUT2D eigenvalue weighted by atomic mass is 10.1. The van der Waals surface area contributed by atoms with Gasteiger partial charge in [-0.15, -0.1) is 0 Å². The van der Waals surface area contributed by atoms with Crippen LogP contribution in [0.25, 0.3) is 6.08 Å². The van der Waals surface area contributed by atoms with E-state index in [0.29, 0.717) is 13.1 Å². The molecule has 0 atom stereocenters. The van der Waals surface area contributed by atoms with Gasteiger partial charge in [-0.3, -0.25) is 9.48 Å². The number of rotatable bonds is 5. The number of nitrogens with zero attached hydrogens (tertiary/aromatic N) is 2. The summed E-state index contributed by atoms with van der Waals surface area (Å²) in [6.07, 6.45) is 3.35. The zero-order chi connectivity index (χ0) is 16.1. The van der Waals surface area contributed by atoms with Gasteiger partial charge in [0, 0.05) is 28.9 Å². The first-order valence-corrected chi connectivity index (χ1v) is 7.64. The fourth-order valence-corrected chi connectivity index (χ4v) is 2.48. The SMILES string of the molecule is CCNC(=O)C=Cc1c(C)nn(Cc2ccccc2Cl)c1C. The molecule has 4 nitrogen and oxygen atoms in total. The molecule has 1 aromatic heterocycles. The third-order valence-electron chi connectivity index (χ3n) is 3.47. The minimum atomic E-state index is -0.0971. The maximum atomic E-state index is 11.5. The van der Waals surface area contributed by atoms with Crippen molar-refractivity contribution in [3.05, 3.63) is 57.9 Å². The molecular formula is C17H20ClN3O. The molecule has 1 heterocycles. The van der Waals surface area contributed by atoms with E-state index in [9.17, 15) is 4.79 Å². The maximum absolute atomic E-state index is 11.5. The van der Waals surface area contributed by atoms with Crippen LogP contribution in [0.15, 0.2) is 30.3 Å². The van der Waals surface area contributed by atoms with Crippen LogP contribution in [0.4, 0.5) is 0 Å². The zero-order valence-electron chi connectivity index (χ0n) is 13.1. The van der Waals surface area contributed by atoms with Crippen LogP contribution >= 0.6 is 11.6 Å². The predicted octanol–water partition coefficient (Wildman–Crippen LogP) is 3.35.